The lowest BCUT2D eigenvalue weighted by Crippen LogP contribution is -2.40. The molecule has 3 fully saturated rings. The van der Waals surface area contributed by atoms with E-state index in [0.717, 1.165) is 63.1 Å². The first-order chi connectivity index (χ1) is 13.3. The average molecular weight is 374 g/mol. The zero-order chi connectivity index (χ0) is 18.5. The molecule has 3 aliphatic rings. The minimum Gasteiger partial charge on any atom is -0.378 e. The Hall–Kier alpha value is -1.40. The van der Waals surface area contributed by atoms with Crippen LogP contribution in [0.2, 0.25) is 0 Å². The van der Waals surface area contributed by atoms with E-state index in [1.54, 1.807) is 0 Å². The van der Waals surface area contributed by atoms with Crippen molar-refractivity contribution in [3.8, 4) is 0 Å². The van der Waals surface area contributed by atoms with E-state index < -0.39 is 0 Å². The van der Waals surface area contributed by atoms with Gasteiger partial charge in [-0.1, -0.05) is 6.42 Å². The summed E-state index contributed by atoms with van der Waals surface area (Å²) in [4.78, 5) is 16.8. The van der Waals surface area contributed by atoms with Crippen LogP contribution in [0, 0.1) is 5.92 Å². The Labute approximate surface area is 163 Å². The Bertz CT molecular complexity index is 584. The first-order valence-corrected chi connectivity index (χ1v) is 10.9. The predicted octanol–water partition coefficient (Wildman–Crippen LogP) is 2.79. The van der Waals surface area contributed by atoms with E-state index >= 15 is 0 Å². The third kappa shape index (κ3) is 4.91. The van der Waals surface area contributed by atoms with Crippen LogP contribution in [0.1, 0.15) is 45.4 Å². The normalized spacial score (nSPS) is 25.7. The number of hydrogen-bond donors (Lipinski definition) is 0. The van der Waals surface area contributed by atoms with Gasteiger partial charge < -0.3 is 19.4 Å². The number of likely N-dealkylation sites (tertiary alicyclic amines) is 1. The van der Waals surface area contributed by atoms with Crippen LogP contribution >= 0.6 is 0 Å². The fourth-order valence-electron chi connectivity index (χ4n) is 4.72. The summed E-state index contributed by atoms with van der Waals surface area (Å²) in [6.45, 7) is 10.6. The second-order valence-corrected chi connectivity index (χ2v) is 8.41. The summed E-state index contributed by atoms with van der Waals surface area (Å²) in [5.74, 6) is 2.81. The topological polar surface area (TPSA) is 44.7 Å². The lowest BCUT2D eigenvalue weighted by atomic mass is 9.92. The molecule has 1 aromatic rings. The summed E-state index contributed by atoms with van der Waals surface area (Å²) in [7, 11) is 0. The number of rotatable bonds is 5. The molecule has 0 aliphatic carbocycles. The monoisotopic (exact) mass is 373 g/mol. The number of morpholine rings is 1. The second kappa shape index (κ2) is 9.20. The van der Waals surface area contributed by atoms with Crippen LogP contribution in [0.4, 0.5) is 11.8 Å². The fourth-order valence-corrected chi connectivity index (χ4v) is 4.72. The van der Waals surface area contributed by atoms with Crippen LogP contribution in [-0.4, -0.2) is 73.4 Å². The van der Waals surface area contributed by atoms with Gasteiger partial charge in [0.1, 0.15) is 5.82 Å². The molecular formula is C21H35N5O. The highest BCUT2D eigenvalue weighted by Gasteiger charge is 2.24. The molecule has 0 N–H and O–H groups in total. The Morgan fingerprint density at radius 2 is 1.81 bits per heavy atom. The molecule has 0 spiro atoms. The molecule has 27 heavy (non-hydrogen) atoms. The van der Waals surface area contributed by atoms with Gasteiger partial charge in [0, 0.05) is 38.4 Å². The first kappa shape index (κ1) is 18.9. The van der Waals surface area contributed by atoms with Crippen molar-refractivity contribution in [1.82, 2.24) is 14.9 Å². The highest BCUT2D eigenvalue weighted by Crippen LogP contribution is 2.26. The van der Waals surface area contributed by atoms with E-state index in [1.165, 1.54) is 51.6 Å². The van der Waals surface area contributed by atoms with Crippen LogP contribution in [0.5, 0.6) is 0 Å². The van der Waals surface area contributed by atoms with E-state index in [-0.39, 0.29) is 0 Å². The van der Waals surface area contributed by atoms with Crippen molar-refractivity contribution < 1.29 is 4.74 Å². The van der Waals surface area contributed by atoms with Crippen molar-refractivity contribution in [3.63, 3.8) is 0 Å². The molecule has 0 amide bonds. The quantitative estimate of drug-likeness (QED) is 0.791. The molecule has 0 aromatic carbocycles. The molecule has 6 heteroatoms. The van der Waals surface area contributed by atoms with Crippen LogP contribution in [-0.2, 0) is 4.74 Å². The summed E-state index contributed by atoms with van der Waals surface area (Å²) in [6, 6.07) is 2.82. The highest BCUT2D eigenvalue weighted by molar-refractivity contribution is 5.44. The molecule has 6 nitrogen and oxygen atoms in total. The molecule has 4 rings (SSSR count). The fraction of sp³-hybridized carbons (Fsp3) is 0.810. The number of piperidine rings is 2. The SMILES string of the molecule is CC1CCCCN1CCC1CCN(c2nccc(N3CCOCC3)n2)CC1. The van der Waals surface area contributed by atoms with Crippen molar-refractivity contribution >= 4 is 11.8 Å². The van der Waals surface area contributed by atoms with Crippen molar-refractivity contribution in [2.75, 3.05) is 62.3 Å². The number of anilines is 2. The maximum atomic E-state index is 5.45. The molecule has 1 aromatic heterocycles. The van der Waals surface area contributed by atoms with Gasteiger partial charge in [0.25, 0.3) is 0 Å². The number of ether oxygens (including phenoxy) is 1. The average Bonchev–Trinajstić information content (AvgIpc) is 2.74. The largest absolute Gasteiger partial charge is 0.378 e. The van der Waals surface area contributed by atoms with Crippen LogP contribution < -0.4 is 9.80 Å². The first-order valence-electron chi connectivity index (χ1n) is 10.9. The zero-order valence-corrected chi connectivity index (χ0v) is 16.9. The lowest BCUT2D eigenvalue weighted by molar-refractivity contribution is 0.122. The molecule has 3 aliphatic heterocycles. The molecule has 3 saturated heterocycles. The maximum absolute atomic E-state index is 5.45. The summed E-state index contributed by atoms with van der Waals surface area (Å²) in [5, 5.41) is 0. The Morgan fingerprint density at radius 1 is 1.00 bits per heavy atom. The molecule has 4 heterocycles. The third-order valence-electron chi connectivity index (χ3n) is 6.63. The van der Waals surface area contributed by atoms with Gasteiger partial charge in [-0.3, -0.25) is 0 Å². The zero-order valence-electron chi connectivity index (χ0n) is 16.9. The molecular weight excluding hydrogens is 338 g/mol. The molecule has 150 valence electrons. The minimum atomic E-state index is 0.787. The van der Waals surface area contributed by atoms with E-state index in [4.69, 9.17) is 9.72 Å². The van der Waals surface area contributed by atoms with Gasteiger partial charge in [-0.05, 0) is 64.1 Å². The van der Waals surface area contributed by atoms with Gasteiger partial charge in [0.15, 0.2) is 0 Å². The second-order valence-electron chi connectivity index (χ2n) is 8.41. The molecule has 1 unspecified atom stereocenters. The van der Waals surface area contributed by atoms with Gasteiger partial charge in [-0.15, -0.1) is 0 Å². The van der Waals surface area contributed by atoms with Crippen LogP contribution in [0.25, 0.3) is 0 Å². The van der Waals surface area contributed by atoms with E-state index in [0.29, 0.717) is 0 Å². The highest BCUT2D eigenvalue weighted by atomic mass is 16.5. The summed E-state index contributed by atoms with van der Waals surface area (Å²) < 4.78 is 5.45. The third-order valence-corrected chi connectivity index (χ3v) is 6.63. The number of aromatic nitrogens is 2. The van der Waals surface area contributed by atoms with Crippen LogP contribution in [0.3, 0.4) is 0 Å². The summed E-state index contributed by atoms with van der Waals surface area (Å²) in [5.41, 5.74) is 0. The van der Waals surface area contributed by atoms with Crippen LogP contribution in [0.15, 0.2) is 12.3 Å². The lowest BCUT2D eigenvalue weighted by Gasteiger charge is -2.36. The van der Waals surface area contributed by atoms with Gasteiger partial charge >= 0.3 is 0 Å². The Morgan fingerprint density at radius 3 is 2.59 bits per heavy atom. The van der Waals surface area contributed by atoms with Crippen molar-refractivity contribution in [1.29, 1.82) is 0 Å². The summed E-state index contributed by atoms with van der Waals surface area (Å²) in [6.07, 6.45) is 10.00. The summed E-state index contributed by atoms with van der Waals surface area (Å²) >= 11 is 0. The number of nitrogens with zero attached hydrogens (tertiary/aromatic N) is 5. The van der Waals surface area contributed by atoms with Gasteiger partial charge in [0.05, 0.1) is 13.2 Å². The van der Waals surface area contributed by atoms with E-state index in [9.17, 15) is 0 Å². The maximum Gasteiger partial charge on any atom is 0.227 e. The Balaban J connectivity index is 1.26. The number of hydrogen-bond acceptors (Lipinski definition) is 6. The molecule has 0 saturated carbocycles. The van der Waals surface area contributed by atoms with Crippen molar-refractivity contribution in [2.45, 2.75) is 51.5 Å². The van der Waals surface area contributed by atoms with Crippen molar-refractivity contribution in [3.05, 3.63) is 12.3 Å². The standard InChI is InChI=1S/C21H35N5O/c1-18-4-2-3-10-24(18)11-6-19-7-12-26(13-8-19)21-22-9-5-20(23-21)25-14-16-27-17-15-25/h5,9,18-19H,2-4,6-8,10-17H2,1H3. The minimum absolute atomic E-state index is 0.787. The van der Waals surface area contributed by atoms with Gasteiger partial charge in [-0.2, -0.15) is 4.98 Å². The predicted molar refractivity (Wildman–Crippen MR) is 110 cm³/mol. The molecule has 1 atom stereocenters. The van der Waals surface area contributed by atoms with E-state index in [2.05, 4.69) is 26.6 Å². The van der Waals surface area contributed by atoms with Gasteiger partial charge in [0.2, 0.25) is 5.95 Å². The van der Waals surface area contributed by atoms with Crippen molar-refractivity contribution in [2.24, 2.45) is 5.92 Å². The smallest absolute Gasteiger partial charge is 0.227 e. The molecule has 0 radical (unpaired) electrons. The van der Waals surface area contributed by atoms with E-state index in [1.807, 2.05) is 12.3 Å². The van der Waals surface area contributed by atoms with Gasteiger partial charge in [-0.25, -0.2) is 4.98 Å². The molecule has 0 bridgehead atoms. The Kier molecular flexibility index (Phi) is 6.45.